The highest BCUT2D eigenvalue weighted by Gasteiger charge is 2.16. The van der Waals surface area contributed by atoms with E-state index in [0.29, 0.717) is 0 Å². The summed E-state index contributed by atoms with van der Waals surface area (Å²) in [6.45, 7) is 2.09. The molecule has 0 aliphatic carbocycles. The first-order valence-electron chi connectivity index (χ1n) is 8.39. The molecule has 130 valence electrons. The predicted octanol–water partition coefficient (Wildman–Crippen LogP) is 4.27. The van der Waals surface area contributed by atoms with Crippen molar-refractivity contribution in [3.63, 3.8) is 0 Å². The summed E-state index contributed by atoms with van der Waals surface area (Å²) >= 11 is 1.64. The molecule has 2 heterocycles. The van der Waals surface area contributed by atoms with Gasteiger partial charge in [-0.05, 0) is 19.1 Å². The van der Waals surface area contributed by atoms with Crippen LogP contribution in [0.5, 0.6) is 0 Å². The molecule has 0 bridgehead atoms. The summed E-state index contributed by atoms with van der Waals surface area (Å²) in [5.41, 5.74) is 3.33. The average molecular weight is 361 g/mol. The van der Waals surface area contributed by atoms with Crippen molar-refractivity contribution in [2.45, 2.75) is 17.8 Å². The van der Waals surface area contributed by atoms with Crippen LogP contribution in [-0.2, 0) is 12.8 Å². The first-order chi connectivity index (χ1) is 12.7. The molecule has 0 N–H and O–H groups in total. The summed E-state index contributed by atoms with van der Waals surface area (Å²) in [6.07, 6.45) is 3.77. The molecule has 0 radical (unpaired) electrons. The van der Waals surface area contributed by atoms with E-state index in [-0.39, 0.29) is 0 Å². The highest BCUT2D eigenvalue weighted by molar-refractivity contribution is 7.98. The summed E-state index contributed by atoms with van der Waals surface area (Å²) < 4.78 is 4.14. The second kappa shape index (κ2) is 7.17. The fraction of sp³-hybridized carbons (Fsp3) is 0.150. The van der Waals surface area contributed by atoms with Crippen molar-refractivity contribution in [3.8, 4) is 17.1 Å². The number of hydrogen-bond donors (Lipinski definition) is 0. The third kappa shape index (κ3) is 3.28. The minimum atomic E-state index is 0.738. The molecule has 0 spiro atoms. The van der Waals surface area contributed by atoms with E-state index in [2.05, 4.69) is 63.1 Å². The van der Waals surface area contributed by atoms with Crippen LogP contribution >= 0.6 is 11.8 Å². The van der Waals surface area contributed by atoms with E-state index in [9.17, 15) is 0 Å². The summed E-state index contributed by atoms with van der Waals surface area (Å²) in [6, 6.07) is 18.6. The van der Waals surface area contributed by atoms with E-state index in [1.165, 1.54) is 5.56 Å². The Labute approximate surface area is 156 Å². The monoisotopic (exact) mass is 361 g/mol. The van der Waals surface area contributed by atoms with Crippen LogP contribution in [0.3, 0.4) is 0 Å². The number of benzene rings is 2. The highest BCUT2D eigenvalue weighted by atomic mass is 32.2. The molecule has 0 aliphatic heterocycles. The van der Waals surface area contributed by atoms with E-state index < -0.39 is 0 Å². The van der Waals surface area contributed by atoms with E-state index in [1.807, 2.05) is 42.2 Å². The van der Waals surface area contributed by atoms with Gasteiger partial charge in [-0.2, -0.15) is 0 Å². The Hall–Kier alpha value is -2.86. The smallest absolute Gasteiger partial charge is 0.196 e. The lowest BCUT2D eigenvalue weighted by atomic mass is 10.2. The fourth-order valence-corrected chi connectivity index (χ4v) is 3.68. The van der Waals surface area contributed by atoms with Gasteiger partial charge < -0.3 is 4.57 Å². The molecule has 0 unspecified atom stereocenters. The van der Waals surface area contributed by atoms with Gasteiger partial charge in [-0.1, -0.05) is 59.8 Å². The number of aromatic nitrogens is 5. The maximum atomic E-state index is 4.47. The van der Waals surface area contributed by atoms with Gasteiger partial charge in [0.2, 0.25) is 0 Å². The number of aryl methyl sites for hydroxylation is 2. The summed E-state index contributed by atoms with van der Waals surface area (Å²) in [7, 11) is 2.00. The average Bonchev–Trinajstić information content (AvgIpc) is 3.27. The standard InChI is InChI=1S/C20H19N5S/c1-15-8-10-17(11-9-15)25-19(16-6-4-3-5-7-16)22-23-20(25)26-14-18-21-12-13-24(18)2/h3-13H,14H2,1-2H3. The zero-order chi connectivity index (χ0) is 17.9. The Bertz CT molecular complexity index is 1000. The van der Waals surface area contributed by atoms with Gasteiger partial charge >= 0.3 is 0 Å². The first kappa shape index (κ1) is 16.6. The van der Waals surface area contributed by atoms with Gasteiger partial charge in [-0.25, -0.2) is 4.98 Å². The Morgan fingerprint density at radius 1 is 0.962 bits per heavy atom. The topological polar surface area (TPSA) is 48.5 Å². The largest absolute Gasteiger partial charge is 0.337 e. The SMILES string of the molecule is Cc1ccc(-n2c(SCc3nccn3C)nnc2-c2ccccc2)cc1. The lowest BCUT2D eigenvalue weighted by Gasteiger charge is -2.11. The molecule has 0 aliphatic rings. The number of nitrogens with zero attached hydrogens (tertiary/aromatic N) is 5. The minimum absolute atomic E-state index is 0.738. The summed E-state index contributed by atoms with van der Waals surface area (Å²) in [4.78, 5) is 4.39. The van der Waals surface area contributed by atoms with Crippen molar-refractivity contribution in [3.05, 3.63) is 78.4 Å². The van der Waals surface area contributed by atoms with Crippen LogP contribution < -0.4 is 0 Å². The van der Waals surface area contributed by atoms with Gasteiger partial charge in [0.15, 0.2) is 11.0 Å². The summed E-state index contributed by atoms with van der Waals surface area (Å²) in [5, 5.41) is 9.79. The van der Waals surface area contributed by atoms with E-state index in [0.717, 1.165) is 33.8 Å². The van der Waals surface area contributed by atoms with E-state index >= 15 is 0 Å². The lowest BCUT2D eigenvalue weighted by molar-refractivity contribution is 0.841. The summed E-state index contributed by atoms with van der Waals surface area (Å²) in [5.74, 6) is 2.59. The number of rotatable bonds is 5. The normalized spacial score (nSPS) is 11.0. The van der Waals surface area contributed by atoms with Gasteiger partial charge in [-0.3, -0.25) is 4.57 Å². The Balaban J connectivity index is 1.75. The second-order valence-corrected chi connectivity index (χ2v) is 7.03. The Kier molecular flexibility index (Phi) is 4.58. The van der Waals surface area contributed by atoms with E-state index in [1.54, 1.807) is 11.8 Å². The maximum Gasteiger partial charge on any atom is 0.196 e. The Morgan fingerprint density at radius 2 is 1.73 bits per heavy atom. The van der Waals surface area contributed by atoms with E-state index in [4.69, 9.17) is 0 Å². The zero-order valence-electron chi connectivity index (χ0n) is 14.7. The molecule has 6 heteroatoms. The number of imidazole rings is 1. The van der Waals surface area contributed by atoms with Gasteiger partial charge in [-0.15, -0.1) is 10.2 Å². The molecule has 0 saturated carbocycles. The van der Waals surface area contributed by atoms with Gasteiger partial charge in [0.05, 0.1) is 5.75 Å². The molecule has 0 atom stereocenters. The third-order valence-electron chi connectivity index (χ3n) is 4.21. The molecule has 2 aromatic heterocycles. The molecule has 5 nitrogen and oxygen atoms in total. The maximum absolute atomic E-state index is 4.47. The van der Waals surface area contributed by atoms with Crippen LogP contribution in [0.4, 0.5) is 0 Å². The zero-order valence-corrected chi connectivity index (χ0v) is 15.5. The fourth-order valence-electron chi connectivity index (χ4n) is 2.73. The van der Waals surface area contributed by atoms with Gasteiger partial charge in [0.1, 0.15) is 5.82 Å². The van der Waals surface area contributed by atoms with Crippen LogP contribution in [0.25, 0.3) is 17.1 Å². The molecule has 26 heavy (non-hydrogen) atoms. The molecular formula is C20H19N5S. The number of thioether (sulfide) groups is 1. The Morgan fingerprint density at radius 3 is 2.42 bits per heavy atom. The van der Waals surface area contributed by atoms with Crippen LogP contribution in [0.1, 0.15) is 11.4 Å². The van der Waals surface area contributed by atoms with Crippen molar-refractivity contribution in [2.24, 2.45) is 7.05 Å². The van der Waals surface area contributed by atoms with Crippen LogP contribution in [-0.4, -0.2) is 24.3 Å². The quantitative estimate of drug-likeness (QED) is 0.498. The van der Waals surface area contributed by atoms with Crippen LogP contribution in [0.15, 0.2) is 72.1 Å². The van der Waals surface area contributed by atoms with Crippen molar-refractivity contribution in [2.75, 3.05) is 0 Å². The highest BCUT2D eigenvalue weighted by Crippen LogP contribution is 2.29. The molecule has 4 aromatic rings. The van der Waals surface area contributed by atoms with Crippen LogP contribution in [0.2, 0.25) is 0 Å². The lowest BCUT2D eigenvalue weighted by Crippen LogP contribution is -2.01. The molecule has 0 amide bonds. The van der Waals surface area contributed by atoms with Gasteiger partial charge in [0.25, 0.3) is 0 Å². The molecule has 0 saturated heterocycles. The van der Waals surface area contributed by atoms with Crippen LogP contribution in [0, 0.1) is 6.92 Å². The second-order valence-electron chi connectivity index (χ2n) is 6.09. The van der Waals surface area contributed by atoms with Crippen molar-refractivity contribution in [1.82, 2.24) is 24.3 Å². The van der Waals surface area contributed by atoms with Crippen molar-refractivity contribution in [1.29, 1.82) is 0 Å². The van der Waals surface area contributed by atoms with Crippen molar-refractivity contribution < 1.29 is 0 Å². The first-order valence-corrected chi connectivity index (χ1v) is 9.38. The van der Waals surface area contributed by atoms with Gasteiger partial charge in [0, 0.05) is 30.7 Å². The predicted molar refractivity (Wildman–Crippen MR) is 104 cm³/mol. The number of hydrogen-bond acceptors (Lipinski definition) is 4. The molecular weight excluding hydrogens is 342 g/mol. The third-order valence-corrected chi connectivity index (χ3v) is 5.13. The molecule has 0 fully saturated rings. The molecule has 4 rings (SSSR count). The minimum Gasteiger partial charge on any atom is -0.337 e. The molecule has 2 aromatic carbocycles. The van der Waals surface area contributed by atoms with Crippen molar-refractivity contribution >= 4 is 11.8 Å².